The van der Waals surface area contributed by atoms with Gasteiger partial charge in [0.15, 0.2) is 0 Å². The molecule has 0 rings (SSSR count). The second-order valence-electron chi connectivity index (χ2n) is 2.60. The molecule has 1 radical (unpaired) electrons. The van der Waals surface area contributed by atoms with Crippen LogP contribution in [0.3, 0.4) is 0 Å². The quantitative estimate of drug-likeness (QED) is 0.736. The zero-order valence-electron chi connectivity index (χ0n) is 7.39. The first-order chi connectivity index (χ1) is 4.35. The molecule has 0 spiro atoms. The Morgan fingerprint density at radius 2 is 1.82 bits per heavy atom. The van der Waals surface area contributed by atoms with Gasteiger partial charge in [-0.1, -0.05) is 33.1 Å². The van der Waals surface area contributed by atoms with Crippen molar-refractivity contribution in [2.24, 2.45) is 5.92 Å². The third kappa shape index (κ3) is 11.3. The summed E-state index contributed by atoms with van der Waals surface area (Å²) in [4.78, 5) is 0. The second-order valence-corrected chi connectivity index (χ2v) is 2.60. The van der Waals surface area contributed by atoms with Gasteiger partial charge >= 0.3 is 0 Å². The Morgan fingerprint density at radius 3 is 2.09 bits per heavy atom. The normalized spacial score (nSPS) is 11.2. The third-order valence-corrected chi connectivity index (χ3v) is 1.80. The van der Waals surface area contributed by atoms with Gasteiger partial charge in [-0.15, -0.1) is 0 Å². The molecule has 0 aliphatic carbocycles. The number of aliphatic hydroxyl groups excluding tert-OH is 1. The van der Waals surface area contributed by atoms with Crippen LogP contribution in [0.25, 0.3) is 0 Å². The molecule has 1 unspecified atom stereocenters. The average Bonchev–Trinajstić information content (AvgIpc) is 1.91. The second kappa shape index (κ2) is 13.9. The minimum Gasteiger partial charge on any atom is -0.396 e. The Kier molecular flexibility index (Phi) is 22.9. The van der Waals surface area contributed by atoms with E-state index in [1.54, 1.807) is 0 Å². The fourth-order valence-electron chi connectivity index (χ4n) is 0.917. The SMILES string of the molecule is CCCCC(CC)CO.[Ir].[Ti]. The molecule has 0 bridgehead atoms. The van der Waals surface area contributed by atoms with Crippen molar-refractivity contribution in [2.75, 3.05) is 6.61 Å². The zero-order valence-corrected chi connectivity index (χ0v) is 11.4. The van der Waals surface area contributed by atoms with Crippen molar-refractivity contribution >= 4 is 0 Å². The molecule has 69 valence electrons. The van der Waals surface area contributed by atoms with E-state index in [9.17, 15) is 0 Å². The van der Waals surface area contributed by atoms with Crippen LogP contribution >= 0.6 is 0 Å². The largest absolute Gasteiger partial charge is 0.396 e. The molecule has 0 aromatic rings. The van der Waals surface area contributed by atoms with Gasteiger partial charge in [0, 0.05) is 48.4 Å². The number of hydrogen-bond acceptors (Lipinski definition) is 1. The first kappa shape index (κ1) is 18.2. The van der Waals surface area contributed by atoms with Gasteiger partial charge in [0.2, 0.25) is 0 Å². The zero-order chi connectivity index (χ0) is 7.11. The fourth-order valence-corrected chi connectivity index (χ4v) is 0.917. The summed E-state index contributed by atoms with van der Waals surface area (Å²) in [7, 11) is 0. The van der Waals surface area contributed by atoms with Gasteiger partial charge in [-0.2, -0.15) is 0 Å². The molecule has 0 fully saturated rings. The summed E-state index contributed by atoms with van der Waals surface area (Å²) < 4.78 is 0. The number of rotatable bonds is 5. The molecule has 0 aromatic carbocycles. The van der Waals surface area contributed by atoms with E-state index < -0.39 is 0 Å². The summed E-state index contributed by atoms with van der Waals surface area (Å²) in [6.07, 6.45) is 4.83. The molecule has 0 saturated heterocycles. The van der Waals surface area contributed by atoms with Crippen molar-refractivity contribution in [2.45, 2.75) is 39.5 Å². The molecule has 0 saturated carbocycles. The smallest absolute Gasteiger partial charge is 0.0459 e. The molecule has 0 aliphatic rings. The summed E-state index contributed by atoms with van der Waals surface area (Å²) >= 11 is 0. The first-order valence-electron chi connectivity index (χ1n) is 3.96. The molecule has 1 N–H and O–H groups in total. The third-order valence-electron chi connectivity index (χ3n) is 1.80. The average molecular weight is 370 g/mol. The molecule has 1 nitrogen and oxygen atoms in total. The van der Waals surface area contributed by atoms with Crippen LogP contribution in [-0.2, 0) is 41.8 Å². The van der Waals surface area contributed by atoms with Crippen LogP contribution in [0, 0.1) is 5.92 Å². The van der Waals surface area contributed by atoms with Gasteiger partial charge in [0.1, 0.15) is 0 Å². The van der Waals surface area contributed by atoms with Crippen molar-refractivity contribution < 1.29 is 46.9 Å². The van der Waals surface area contributed by atoms with Crippen LogP contribution in [0.5, 0.6) is 0 Å². The van der Waals surface area contributed by atoms with E-state index in [0.717, 1.165) is 6.42 Å². The molecule has 11 heavy (non-hydrogen) atoms. The molecule has 1 atom stereocenters. The van der Waals surface area contributed by atoms with Gasteiger partial charge in [-0.25, -0.2) is 0 Å². The Balaban J connectivity index is -0.000000320. The van der Waals surface area contributed by atoms with Gasteiger partial charge < -0.3 is 5.11 Å². The summed E-state index contributed by atoms with van der Waals surface area (Å²) in [6.45, 7) is 4.69. The van der Waals surface area contributed by atoms with Crippen LogP contribution < -0.4 is 0 Å². The minimum absolute atomic E-state index is 0. The van der Waals surface area contributed by atoms with Crippen LogP contribution in [0.2, 0.25) is 0 Å². The maximum Gasteiger partial charge on any atom is 0.0459 e. The fraction of sp³-hybridized carbons (Fsp3) is 1.00. The molecule has 0 heterocycles. The molecule has 0 amide bonds. The van der Waals surface area contributed by atoms with E-state index >= 15 is 0 Å². The summed E-state index contributed by atoms with van der Waals surface area (Å²) in [5.41, 5.74) is 0. The summed E-state index contributed by atoms with van der Waals surface area (Å²) in [6, 6.07) is 0. The van der Waals surface area contributed by atoms with Crippen LogP contribution in [0.1, 0.15) is 39.5 Å². The van der Waals surface area contributed by atoms with Crippen LogP contribution in [0.15, 0.2) is 0 Å². The molecule has 0 aliphatic heterocycles. The summed E-state index contributed by atoms with van der Waals surface area (Å²) in [5, 5.41) is 8.75. The Labute approximate surface area is 98.6 Å². The predicted molar refractivity (Wildman–Crippen MR) is 40.4 cm³/mol. The molecule has 0 aromatic heterocycles. The van der Waals surface area contributed by atoms with Crippen molar-refractivity contribution in [1.82, 2.24) is 0 Å². The maximum absolute atomic E-state index is 8.75. The van der Waals surface area contributed by atoms with E-state index in [2.05, 4.69) is 13.8 Å². The van der Waals surface area contributed by atoms with E-state index in [1.165, 1.54) is 19.3 Å². The standard InChI is InChI=1S/C8H18O.Ir.Ti/c1-3-5-6-8(4-2)7-9;;/h8-9H,3-7H2,1-2H3;;. The van der Waals surface area contributed by atoms with Gasteiger partial charge in [0.25, 0.3) is 0 Å². The van der Waals surface area contributed by atoms with Crippen molar-refractivity contribution in [3.8, 4) is 0 Å². The first-order valence-corrected chi connectivity index (χ1v) is 3.96. The minimum atomic E-state index is 0. The van der Waals surface area contributed by atoms with Crippen molar-refractivity contribution in [1.29, 1.82) is 0 Å². The van der Waals surface area contributed by atoms with E-state index in [-0.39, 0.29) is 41.8 Å². The van der Waals surface area contributed by atoms with Gasteiger partial charge in [-0.3, -0.25) is 0 Å². The van der Waals surface area contributed by atoms with E-state index in [1.807, 2.05) is 0 Å². The van der Waals surface area contributed by atoms with E-state index in [0.29, 0.717) is 12.5 Å². The molecular formula is C8H18IrOTi. The topological polar surface area (TPSA) is 20.2 Å². The van der Waals surface area contributed by atoms with Crippen LogP contribution in [0.4, 0.5) is 0 Å². The number of hydrogen-bond donors (Lipinski definition) is 1. The number of aliphatic hydroxyl groups is 1. The van der Waals surface area contributed by atoms with E-state index in [4.69, 9.17) is 5.11 Å². The molecule has 3 heteroatoms. The van der Waals surface area contributed by atoms with Crippen molar-refractivity contribution in [3.63, 3.8) is 0 Å². The predicted octanol–water partition coefficient (Wildman–Crippen LogP) is 2.19. The molecular weight excluding hydrogens is 352 g/mol. The Hall–Kier alpha value is 1.32. The van der Waals surface area contributed by atoms with Gasteiger partial charge in [-0.05, 0) is 12.3 Å². The Morgan fingerprint density at radius 1 is 1.27 bits per heavy atom. The maximum atomic E-state index is 8.75. The van der Waals surface area contributed by atoms with Gasteiger partial charge in [0.05, 0.1) is 0 Å². The Bertz CT molecular complexity index is 58.1. The van der Waals surface area contributed by atoms with Crippen molar-refractivity contribution in [3.05, 3.63) is 0 Å². The van der Waals surface area contributed by atoms with Crippen LogP contribution in [-0.4, -0.2) is 11.7 Å². The summed E-state index contributed by atoms with van der Waals surface area (Å²) in [5.74, 6) is 0.560. The number of unbranched alkanes of at least 4 members (excludes halogenated alkanes) is 1. The monoisotopic (exact) mass is 371 g/mol.